The molecule has 0 aromatic carbocycles. The first-order valence-electron chi connectivity index (χ1n) is 4.30. The van der Waals surface area contributed by atoms with Crippen LogP contribution in [0.2, 0.25) is 0 Å². The van der Waals surface area contributed by atoms with Gasteiger partial charge in [0.2, 0.25) is 11.0 Å². The predicted octanol–water partition coefficient (Wildman–Crippen LogP) is 1.71. The maximum atomic E-state index is 12.1. The maximum absolute atomic E-state index is 12.1. The van der Waals surface area contributed by atoms with Crippen LogP contribution in [0.5, 0.6) is 0 Å². The number of aromatic nitrogens is 2. The van der Waals surface area contributed by atoms with E-state index in [0.717, 1.165) is 0 Å². The van der Waals surface area contributed by atoms with Gasteiger partial charge >= 0.3 is 6.18 Å². The number of halogens is 3. The lowest BCUT2D eigenvalue weighted by atomic mass is 10.2. The molecule has 0 saturated heterocycles. The van der Waals surface area contributed by atoms with Crippen LogP contribution in [0, 0.1) is 0 Å². The monoisotopic (exact) mass is 240 g/mol. The molecule has 0 aliphatic rings. The van der Waals surface area contributed by atoms with Gasteiger partial charge in [-0.25, -0.2) is 0 Å². The van der Waals surface area contributed by atoms with Crippen LogP contribution < -0.4 is 11.1 Å². The number of hydrogen-bond donors (Lipinski definition) is 2. The second kappa shape index (κ2) is 4.75. The SMILES string of the molecule is CC(N)CCNc1nc(C(F)(F)F)ns1. The van der Waals surface area contributed by atoms with Crippen molar-refractivity contribution in [2.75, 3.05) is 11.9 Å². The molecule has 4 nitrogen and oxygen atoms in total. The third-order valence-electron chi connectivity index (χ3n) is 1.56. The highest BCUT2D eigenvalue weighted by Crippen LogP contribution is 2.28. The van der Waals surface area contributed by atoms with E-state index in [1.54, 1.807) is 0 Å². The Morgan fingerprint density at radius 3 is 2.67 bits per heavy atom. The summed E-state index contributed by atoms with van der Waals surface area (Å²) >= 11 is 0.695. The van der Waals surface area contributed by atoms with Crippen LogP contribution in [0.25, 0.3) is 0 Å². The van der Waals surface area contributed by atoms with Crippen LogP contribution in [0.1, 0.15) is 19.2 Å². The summed E-state index contributed by atoms with van der Waals surface area (Å²) < 4.78 is 39.5. The molecule has 0 fully saturated rings. The van der Waals surface area contributed by atoms with E-state index < -0.39 is 12.0 Å². The Kier molecular flexibility index (Phi) is 3.86. The van der Waals surface area contributed by atoms with Crippen molar-refractivity contribution >= 4 is 16.7 Å². The van der Waals surface area contributed by atoms with E-state index in [0.29, 0.717) is 24.5 Å². The molecule has 8 heteroatoms. The van der Waals surface area contributed by atoms with Crippen molar-refractivity contribution in [3.8, 4) is 0 Å². The molecule has 15 heavy (non-hydrogen) atoms. The minimum Gasteiger partial charge on any atom is -0.360 e. The number of nitrogens with zero attached hydrogens (tertiary/aromatic N) is 2. The first-order valence-corrected chi connectivity index (χ1v) is 5.07. The van der Waals surface area contributed by atoms with E-state index >= 15 is 0 Å². The van der Waals surface area contributed by atoms with E-state index in [-0.39, 0.29) is 11.2 Å². The third kappa shape index (κ3) is 4.00. The van der Waals surface area contributed by atoms with Crippen molar-refractivity contribution in [3.63, 3.8) is 0 Å². The number of anilines is 1. The molecule has 86 valence electrons. The highest BCUT2D eigenvalue weighted by atomic mass is 32.1. The molecule has 1 unspecified atom stereocenters. The fraction of sp³-hybridized carbons (Fsp3) is 0.714. The van der Waals surface area contributed by atoms with E-state index in [1.165, 1.54) is 0 Å². The van der Waals surface area contributed by atoms with Gasteiger partial charge in [-0.15, -0.1) is 0 Å². The average molecular weight is 240 g/mol. The standard InChI is InChI=1S/C7H11F3N4S/c1-4(11)2-3-12-6-13-5(14-15-6)7(8,9)10/h4H,2-3,11H2,1H3,(H,12,13,14). The summed E-state index contributed by atoms with van der Waals surface area (Å²) in [4.78, 5) is 3.31. The normalized spacial score (nSPS) is 13.9. The lowest BCUT2D eigenvalue weighted by Crippen LogP contribution is -2.19. The van der Waals surface area contributed by atoms with Gasteiger partial charge in [0, 0.05) is 24.1 Å². The van der Waals surface area contributed by atoms with Crippen LogP contribution in [0.15, 0.2) is 0 Å². The Labute approximate surface area is 88.9 Å². The van der Waals surface area contributed by atoms with Crippen molar-refractivity contribution < 1.29 is 13.2 Å². The van der Waals surface area contributed by atoms with Crippen LogP contribution in [0.3, 0.4) is 0 Å². The van der Waals surface area contributed by atoms with Gasteiger partial charge in [-0.1, -0.05) is 0 Å². The molecule has 0 bridgehead atoms. The molecule has 1 atom stereocenters. The molecule has 3 N–H and O–H groups in total. The molecule has 0 spiro atoms. The Bertz CT molecular complexity index is 309. The van der Waals surface area contributed by atoms with Gasteiger partial charge in [0.25, 0.3) is 0 Å². The number of nitrogens with two attached hydrogens (primary N) is 1. The molecule has 0 saturated carbocycles. The predicted molar refractivity (Wildman–Crippen MR) is 51.7 cm³/mol. The minimum absolute atomic E-state index is 0.00695. The fourth-order valence-electron chi connectivity index (χ4n) is 0.817. The first-order chi connectivity index (χ1) is 6.89. The van der Waals surface area contributed by atoms with Gasteiger partial charge in [-0.2, -0.15) is 22.5 Å². The number of alkyl halides is 3. The van der Waals surface area contributed by atoms with Gasteiger partial charge < -0.3 is 11.1 Å². The molecule has 1 aromatic rings. The zero-order chi connectivity index (χ0) is 11.5. The van der Waals surface area contributed by atoms with E-state index in [1.807, 2.05) is 6.92 Å². The zero-order valence-electron chi connectivity index (χ0n) is 8.01. The maximum Gasteiger partial charge on any atom is 0.452 e. The highest BCUT2D eigenvalue weighted by Gasteiger charge is 2.36. The average Bonchev–Trinajstić information content (AvgIpc) is 2.51. The summed E-state index contributed by atoms with van der Waals surface area (Å²) in [6, 6.07) is 0.00695. The van der Waals surface area contributed by atoms with Crippen LogP contribution in [-0.4, -0.2) is 21.9 Å². The lowest BCUT2D eigenvalue weighted by Gasteiger charge is -2.04. The second-order valence-electron chi connectivity index (χ2n) is 3.11. The van der Waals surface area contributed by atoms with Gasteiger partial charge in [-0.05, 0) is 13.3 Å². The number of rotatable bonds is 4. The quantitative estimate of drug-likeness (QED) is 0.840. The van der Waals surface area contributed by atoms with Crippen LogP contribution in [0.4, 0.5) is 18.3 Å². The van der Waals surface area contributed by atoms with Gasteiger partial charge in [-0.3, -0.25) is 0 Å². The molecule has 0 radical (unpaired) electrons. The highest BCUT2D eigenvalue weighted by molar-refractivity contribution is 7.09. The van der Waals surface area contributed by atoms with E-state index in [2.05, 4.69) is 14.7 Å². The van der Waals surface area contributed by atoms with Gasteiger partial charge in [0.05, 0.1) is 0 Å². The Morgan fingerprint density at radius 1 is 1.53 bits per heavy atom. The molecular weight excluding hydrogens is 229 g/mol. The number of hydrogen-bond acceptors (Lipinski definition) is 5. The molecule has 1 heterocycles. The summed E-state index contributed by atoms with van der Waals surface area (Å²) in [5.41, 5.74) is 5.48. The van der Waals surface area contributed by atoms with Crippen molar-refractivity contribution in [1.82, 2.24) is 9.36 Å². The molecule has 0 aliphatic carbocycles. The van der Waals surface area contributed by atoms with Crippen LogP contribution in [-0.2, 0) is 6.18 Å². The molecule has 1 rings (SSSR count). The van der Waals surface area contributed by atoms with Crippen molar-refractivity contribution in [3.05, 3.63) is 5.82 Å². The Morgan fingerprint density at radius 2 is 2.20 bits per heavy atom. The molecule has 0 aliphatic heterocycles. The largest absolute Gasteiger partial charge is 0.452 e. The first kappa shape index (κ1) is 12.2. The summed E-state index contributed by atoms with van der Waals surface area (Å²) in [7, 11) is 0. The van der Waals surface area contributed by atoms with Crippen molar-refractivity contribution in [1.29, 1.82) is 0 Å². The second-order valence-corrected chi connectivity index (χ2v) is 3.87. The topological polar surface area (TPSA) is 63.8 Å². The third-order valence-corrected chi connectivity index (χ3v) is 2.23. The van der Waals surface area contributed by atoms with Gasteiger partial charge in [0.15, 0.2) is 0 Å². The minimum atomic E-state index is -4.47. The Hall–Kier alpha value is -0.890. The van der Waals surface area contributed by atoms with Gasteiger partial charge in [0.1, 0.15) is 0 Å². The molecule has 1 aromatic heterocycles. The smallest absolute Gasteiger partial charge is 0.360 e. The molecule has 0 amide bonds. The Balaban J connectivity index is 2.47. The van der Waals surface area contributed by atoms with Crippen molar-refractivity contribution in [2.24, 2.45) is 5.73 Å². The zero-order valence-corrected chi connectivity index (χ0v) is 8.82. The van der Waals surface area contributed by atoms with Crippen LogP contribution >= 0.6 is 11.5 Å². The summed E-state index contributed by atoms with van der Waals surface area (Å²) in [6.45, 7) is 2.31. The lowest BCUT2D eigenvalue weighted by molar-refractivity contribution is -0.144. The van der Waals surface area contributed by atoms with E-state index in [4.69, 9.17) is 5.73 Å². The summed E-state index contributed by atoms with van der Waals surface area (Å²) in [6.07, 6.45) is -3.81. The molecular formula is C7H11F3N4S. The van der Waals surface area contributed by atoms with E-state index in [9.17, 15) is 13.2 Å². The summed E-state index contributed by atoms with van der Waals surface area (Å²) in [5, 5.41) is 2.90. The summed E-state index contributed by atoms with van der Waals surface area (Å²) in [5.74, 6) is -1.10. The van der Waals surface area contributed by atoms with Crippen molar-refractivity contribution in [2.45, 2.75) is 25.6 Å². The fourth-order valence-corrected chi connectivity index (χ4v) is 1.43. The number of nitrogens with one attached hydrogen (secondary N) is 1.